The predicted octanol–water partition coefficient (Wildman–Crippen LogP) is 7.36. The summed E-state index contributed by atoms with van der Waals surface area (Å²) in [6, 6.07) is 16.2. The highest BCUT2D eigenvalue weighted by atomic mass is 127. The Morgan fingerprint density at radius 3 is 2.03 bits per heavy atom. The fourth-order valence-electron chi connectivity index (χ4n) is 3.35. The van der Waals surface area contributed by atoms with Crippen LogP contribution in [-0.4, -0.2) is 28.7 Å². The maximum atomic E-state index is 13.2. The Kier molecular flexibility index (Phi) is 11.6. The molecule has 0 bridgehead atoms. The summed E-state index contributed by atoms with van der Waals surface area (Å²) in [6.45, 7) is 5.67. The molecule has 0 aliphatic carbocycles. The number of ether oxygens (including phenoxy) is 2. The van der Waals surface area contributed by atoms with Crippen LogP contribution in [0.5, 0.6) is 17.2 Å². The number of hydrogen-bond donors (Lipinski definition) is 3. The van der Waals surface area contributed by atoms with E-state index in [4.69, 9.17) is 9.47 Å². The van der Waals surface area contributed by atoms with Crippen molar-refractivity contribution in [1.82, 2.24) is 10.6 Å². The molecule has 11 heteroatoms. The molecular formula is C27H26I4N2O5. The summed E-state index contributed by atoms with van der Waals surface area (Å²) in [6.07, 6.45) is -0.389. The van der Waals surface area contributed by atoms with Crippen LogP contribution in [-0.2, 0) is 22.5 Å². The number of amides is 2. The SMILES string of the molecule is CC(C)(C)OC(=O)N[C@@H](Cc1cc(I)c(Oc2cc(I)c(O)c(I)c2)c(I)c1)C(=O)NCc1ccccc1. The Morgan fingerprint density at radius 1 is 0.895 bits per heavy atom. The number of benzene rings is 3. The van der Waals surface area contributed by atoms with Gasteiger partial charge in [0.25, 0.3) is 0 Å². The fraction of sp³-hybridized carbons (Fsp3) is 0.259. The number of halogens is 4. The first-order chi connectivity index (χ1) is 17.8. The van der Waals surface area contributed by atoms with Gasteiger partial charge in [-0.15, -0.1) is 0 Å². The molecule has 0 fully saturated rings. The van der Waals surface area contributed by atoms with Crippen LogP contribution in [0.25, 0.3) is 0 Å². The van der Waals surface area contributed by atoms with Crippen LogP contribution in [0.4, 0.5) is 4.79 Å². The Bertz CT molecular complexity index is 1270. The molecule has 0 unspecified atom stereocenters. The molecule has 7 nitrogen and oxygen atoms in total. The van der Waals surface area contributed by atoms with Gasteiger partial charge in [0.15, 0.2) is 5.75 Å². The zero-order valence-corrected chi connectivity index (χ0v) is 29.4. The van der Waals surface area contributed by atoms with Gasteiger partial charge in [0, 0.05) is 13.0 Å². The third kappa shape index (κ3) is 9.53. The van der Waals surface area contributed by atoms with E-state index in [9.17, 15) is 14.7 Å². The van der Waals surface area contributed by atoms with E-state index >= 15 is 0 Å². The zero-order chi connectivity index (χ0) is 28.0. The van der Waals surface area contributed by atoms with Gasteiger partial charge >= 0.3 is 6.09 Å². The van der Waals surface area contributed by atoms with Gasteiger partial charge in [0.05, 0.1) is 14.3 Å². The quantitative estimate of drug-likeness (QED) is 0.206. The first-order valence-electron chi connectivity index (χ1n) is 11.5. The van der Waals surface area contributed by atoms with Gasteiger partial charge < -0.3 is 25.2 Å². The van der Waals surface area contributed by atoms with Gasteiger partial charge in [-0.1, -0.05) is 30.3 Å². The largest absolute Gasteiger partial charge is 0.506 e. The van der Waals surface area contributed by atoms with Crippen molar-refractivity contribution in [3.05, 3.63) is 80.0 Å². The van der Waals surface area contributed by atoms with Gasteiger partial charge in [-0.05, 0) is 147 Å². The van der Waals surface area contributed by atoms with Crippen molar-refractivity contribution >= 4 is 102 Å². The van der Waals surface area contributed by atoms with Crippen molar-refractivity contribution < 1.29 is 24.2 Å². The van der Waals surface area contributed by atoms with Crippen molar-refractivity contribution in [3.63, 3.8) is 0 Å². The highest BCUT2D eigenvalue weighted by molar-refractivity contribution is 14.1. The minimum Gasteiger partial charge on any atom is -0.506 e. The molecule has 3 rings (SSSR count). The van der Waals surface area contributed by atoms with Crippen molar-refractivity contribution in [2.45, 2.75) is 45.4 Å². The van der Waals surface area contributed by atoms with Gasteiger partial charge in [-0.3, -0.25) is 4.79 Å². The van der Waals surface area contributed by atoms with E-state index in [1.165, 1.54) is 0 Å². The third-order valence-electron chi connectivity index (χ3n) is 5.03. The maximum Gasteiger partial charge on any atom is 0.408 e. The highest BCUT2D eigenvalue weighted by Gasteiger charge is 2.25. The molecule has 0 radical (unpaired) electrons. The standard InChI is InChI=1S/C27H26I4N2O5/c1-27(2,3)38-26(36)33-22(25(35)32-14-15-7-5-4-6-8-15)11-16-9-20(30)24(21(31)10-16)37-17-12-18(28)23(34)19(29)13-17/h4-10,12-13,22,34H,11,14H2,1-3H3,(H,32,35)(H,33,36)/t22-/m0/s1. The second-order valence-corrected chi connectivity index (χ2v) is 14.0. The van der Waals surface area contributed by atoms with E-state index in [0.717, 1.165) is 18.3 Å². The second kappa shape index (κ2) is 14.0. The molecule has 0 saturated carbocycles. The fourth-order valence-corrected chi connectivity index (χ4v) is 7.18. The summed E-state index contributed by atoms with van der Waals surface area (Å²) in [5.41, 5.74) is 1.13. The van der Waals surface area contributed by atoms with Crippen molar-refractivity contribution in [1.29, 1.82) is 0 Å². The molecule has 0 spiro atoms. The molecule has 3 aromatic rings. The molecule has 1 atom stereocenters. The number of carbonyl (C=O) groups excluding carboxylic acids is 2. The predicted molar refractivity (Wildman–Crippen MR) is 181 cm³/mol. The van der Waals surface area contributed by atoms with E-state index in [2.05, 4.69) is 101 Å². The third-order valence-corrected chi connectivity index (χ3v) is 8.27. The zero-order valence-electron chi connectivity index (χ0n) is 20.8. The number of carbonyl (C=O) groups is 2. The summed E-state index contributed by atoms with van der Waals surface area (Å²) in [5, 5.41) is 15.7. The molecule has 0 aliphatic rings. The monoisotopic (exact) mass is 966 g/mol. The van der Waals surface area contributed by atoms with E-state index in [1.807, 2.05) is 42.5 Å². The molecule has 0 heterocycles. The van der Waals surface area contributed by atoms with Crippen LogP contribution < -0.4 is 15.4 Å². The van der Waals surface area contributed by atoms with Crippen LogP contribution in [0.3, 0.4) is 0 Å². The smallest absolute Gasteiger partial charge is 0.408 e. The Morgan fingerprint density at radius 2 is 1.47 bits per heavy atom. The Labute approximate surface area is 276 Å². The average molecular weight is 966 g/mol. The van der Waals surface area contributed by atoms with Gasteiger partial charge in [-0.25, -0.2) is 4.79 Å². The normalized spacial score (nSPS) is 12.0. The van der Waals surface area contributed by atoms with E-state index in [1.54, 1.807) is 32.9 Å². The molecular weight excluding hydrogens is 940 g/mol. The van der Waals surface area contributed by atoms with E-state index < -0.39 is 17.7 Å². The topological polar surface area (TPSA) is 96.9 Å². The first-order valence-corrected chi connectivity index (χ1v) is 15.8. The van der Waals surface area contributed by atoms with Crippen molar-refractivity contribution in [2.75, 3.05) is 0 Å². The van der Waals surface area contributed by atoms with Crippen molar-refractivity contribution in [2.24, 2.45) is 0 Å². The minimum absolute atomic E-state index is 0.229. The molecule has 38 heavy (non-hydrogen) atoms. The van der Waals surface area contributed by atoms with Crippen LogP contribution in [0.2, 0.25) is 0 Å². The van der Waals surface area contributed by atoms with Crippen LogP contribution >= 0.6 is 90.4 Å². The van der Waals surface area contributed by atoms with Crippen LogP contribution in [0, 0.1) is 14.3 Å². The van der Waals surface area contributed by atoms with Crippen LogP contribution in [0.1, 0.15) is 31.9 Å². The number of aromatic hydroxyl groups is 1. The first kappa shape index (κ1) is 31.4. The highest BCUT2D eigenvalue weighted by Crippen LogP contribution is 2.37. The van der Waals surface area contributed by atoms with Crippen LogP contribution in [0.15, 0.2) is 54.6 Å². The Balaban J connectivity index is 1.81. The van der Waals surface area contributed by atoms with Crippen molar-refractivity contribution in [3.8, 4) is 17.2 Å². The second-order valence-electron chi connectivity index (χ2n) is 9.33. The molecule has 2 amide bonds. The maximum absolute atomic E-state index is 13.2. The van der Waals surface area contributed by atoms with Gasteiger partial charge in [0.2, 0.25) is 5.91 Å². The molecule has 3 N–H and O–H groups in total. The lowest BCUT2D eigenvalue weighted by atomic mass is 10.0. The average Bonchev–Trinajstić information content (AvgIpc) is 2.82. The summed E-state index contributed by atoms with van der Waals surface area (Å²) in [5.74, 6) is 1.22. The molecule has 0 aliphatic heterocycles. The number of phenols is 1. The molecule has 3 aromatic carbocycles. The number of nitrogens with one attached hydrogen (secondary N) is 2. The molecule has 202 valence electrons. The summed E-state index contributed by atoms with van der Waals surface area (Å²) < 4.78 is 14.7. The number of alkyl carbamates (subject to hydrolysis) is 1. The van der Waals surface area contributed by atoms with E-state index in [0.29, 0.717) is 25.2 Å². The Hall–Kier alpha value is -1.08. The molecule has 0 aromatic heterocycles. The molecule has 0 saturated heterocycles. The lowest BCUT2D eigenvalue weighted by molar-refractivity contribution is -0.123. The number of hydrogen-bond acceptors (Lipinski definition) is 5. The number of rotatable bonds is 8. The lowest BCUT2D eigenvalue weighted by Crippen LogP contribution is -2.49. The van der Waals surface area contributed by atoms with Gasteiger partial charge in [-0.2, -0.15) is 0 Å². The summed E-state index contributed by atoms with van der Waals surface area (Å²) in [7, 11) is 0. The minimum atomic E-state index is -0.841. The number of phenolic OH excluding ortho intramolecular Hbond substituents is 1. The summed E-state index contributed by atoms with van der Waals surface area (Å²) >= 11 is 8.53. The van der Waals surface area contributed by atoms with E-state index in [-0.39, 0.29) is 18.1 Å². The lowest BCUT2D eigenvalue weighted by Gasteiger charge is -2.24. The summed E-state index contributed by atoms with van der Waals surface area (Å²) in [4.78, 5) is 25.7. The van der Waals surface area contributed by atoms with Gasteiger partial charge in [0.1, 0.15) is 23.1 Å².